The summed E-state index contributed by atoms with van der Waals surface area (Å²) in [4.78, 5) is 45.0. The van der Waals surface area contributed by atoms with Crippen LogP contribution in [0.15, 0.2) is 71.5 Å². The molecule has 39 heavy (non-hydrogen) atoms. The number of methoxy groups -OCH3 is 1. The molecule has 1 heterocycles. The highest BCUT2D eigenvalue weighted by atomic mass is 35.5. The van der Waals surface area contributed by atoms with Gasteiger partial charge in [0.15, 0.2) is 0 Å². The number of nitro groups is 1. The summed E-state index contributed by atoms with van der Waals surface area (Å²) in [5.41, 5.74) is 1.88. The monoisotopic (exact) mass is 548 g/mol. The van der Waals surface area contributed by atoms with Crippen LogP contribution in [0.25, 0.3) is 16.6 Å². The third-order valence-corrected chi connectivity index (χ3v) is 6.87. The summed E-state index contributed by atoms with van der Waals surface area (Å²) in [7, 11) is 1.58. The minimum atomic E-state index is -0.612. The largest absolute Gasteiger partial charge is 0.385 e. The second kappa shape index (κ2) is 12.2. The number of hydrogen-bond acceptors (Lipinski definition) is 6. The molecule has 0 saturated carbocycles. The Hall–Kier alpha value is -4.08. The van der Waals surface area contributed by atoms with E-state index in [4.69, 9.17) is 21.3 Å². The van der Waals surface area contributed by atoms with Gasteiger partial charge in [-0.25, -0.2) is 4.98 Å². The van der Waals surface area contributed by atoms with Crippen LogP contribution < -0.4 is 5.56 Å². The van der Waals surface area contributed by atoms with Crippen LogP contribution in [0.5, 0.6) is 0 Å². The lowest BCUT2D eigenvalue weighted by atomic mass is 10.1. The molecule has 0 fully saturated rings. The van der Waals surface area contributed by atoms with Crippen molar-refractivity contribution in [1.82, 2.24) is 14.5 Å². The number of fused-ring (bicyclic) bond motifs is 1. The van der Waals surface area contributed by atoms with Gasteiger partial charge in [0.2, 0.25) is 0 Å². The normalized spacial score (nSPS) is 11.9. The number of ether oxygens (including phenoxy) is 1. The Kier molecular flexibility index (Phi) is 8.73. The first kappa shape index (κ1) is 27.9. The summed E-state index contributed by atoms with van der Waals surface area (Å²) >= 11 is 6.37. The maximum Gasteiger partial charge on any atom is 0.270 e. The van der Waals surface area contributed by atoms with Crippen LogP contribution in [0.3, 0.4) is 0 Å². The van der Waals surface area contributed by atoms with Gasteiger partial charge in [-0.15, -0.1) is 0 Å². The highest BCUT2D eigenvalue weighted by molar-refractivity contribution is 6.34. The molecule has 202 valence electrons. The number of non-ortho nitro benzene ring substituents is 1. The van der Waals surface area contributed by atoms with E-state index < -0.39 is 16.9 Å². The van der Waals surface area contributed by atoms with Gasteiger partial charge in [0.25, 0.3) is 17.2 Å². The Morgan fingerprint density at radius 2 is 1.87 bits per heavy atom. The van der Waals surface area contributed by atoms with Crippen molar-refractivity contribution in [2.75, 3.05) is 20.3 Å². The minimum absolute atomic E-state index is 0.0248. The number of nitrogens with zero attached hydrogens (tertiary/aromatic N) is 4. The van der Waals surface area contributed by atoms with Crippen molar-refractivity contribution in [3.05, 3.63) is 109 Å². The van der Waals surface area contributed by atoms with Crippen molar-refractivity contribution in [3.63, 3.8) is 0 Å². The number of halogens is 1. The molecule has 0 aliphatic carbocycles. The second-order valence-electron chi connectivity index (χ2n) is 9.15. The third-order valence-electron chi connectivity index (χ3n) is 6.56. The number of carbonyl (C=O) groups excluding carboxylic acids is 1. The Morgan fingerprint density at radius 1 is 1.15 bits per heavy atom. The smallest absolute Gasteiger partial charge is 0.270 e. The van der Waals surface area contributed by atoms with Gasteiger partial charge in [-0.3, -0.25) is 24.3 Å². The van der Waals surface area contributed by atoms with Crippen LogP contribution in [0.1, 0.15) is 47.6 Å². The molecule has 10 heteroatoms. The first-order valence-electron chi connectivity index (χ1n) is 12.6. The number of aromatic nitrogens is 2. The Morgan fingerprint density at radius 3 is 2.51 bits per heavy atom. The Bertz CT molecular complexity index is 1570. The fourth-order valence-electron chi connectivity index (χ4n) is 4.58. The number of para-hydroxylation sites is 1. The summed E-state index contributed by atoms with van der Waals surface area (Å²) in [6.07, 6.45) is 0.964. The number of nitro benzene ring substituents is 1. The topological polar surface area (TPSA) is 108 Å². The highest BCUT2D eigenvalue weighted by Gasteiger charge is 2.31. The lowest BCUT2D eigenvalue weighted by molar-refractivity contribution is -0.384. The summed E-state index contributed by atoms with van der Waals surface area (Å²) in [6.45, 7) is 4.57. The van der Waals surface area contributed by atoms with E-state index >= 15 is 0 Å². The van der Waals surface area contributed by atoms with Gasteiger partial charge >= 0.3 is 0 Å². The molecule has 0 spiro atoms. The summed E-state index contributed by atoms with van der Waals surface area (Å²) in [5, 5.41) is 11.7. The van der Waals surface area contributed by atoms with E-state index in [9.17, 15) is 19.7 Å². The van der Waals surface area contributed by atoms with Crippen molar-refractivity contribution >= 4 is 34.1 Å². The van der Waals surface area contributed by atoms with E-state index in [1.54, 1.807) is 34.8 Å². The van der Waals surface area contributed by atoms with Gasteiger partial charge in [0.05, 0.1) is 38.1 Å². The van der Waals surface area contributed by atoms with E-state index in [-0.39, 0.29) is 28.4 Å². The van der Waals surface area contributed by atoms with Gasteiger partial charge < -0.3 is 9.64 Å². The van der Waals surface area contributed by atoms with Crippen molar-refractivity contribution in [1.29, 1.82) is 0 Å². The van der Waals surface area contributed by atoms with Crippen molar-refractivity contribution in [2.45, 2.75) is 32.7 Å². The molecule has 4 rings (SSSR count). The lowest BCUT2D eigenvalue weighted by Gasteiger charge is -2.32. The number of rotatable bonds is 10. The standard InChI is InChI=1S/C29H29ClN4O5/c1-4-26(32(16-7-17-39-3)28(35)22-15-14-21(34(37)38)18-24(22)30)27-31-25-9-6-5-8-23(25)29(36)33(27)20-12-10-19(2)11-13-20/h5-6,8-15,18,26H,4,7,16-17H2,1-3H3. The van der Waals surface area contributed by atoms with Gasteiger partial charge in [-0.2, -0.15) is 0 Å². The SMILES string of the molecule is CCC(c1nc2ccccc2c(=O)n1-c1ccc(C)cc1)N(CCCOC)C(=O)c1ccc([N+](=O)[O-])cc1Cl. The molecule has 0 aliphatic rings. The van der Waals surface area contributed by atoms with Gasteiger partial charge in [-0.05, 0) is 50.1 Å². The van der Waals surface area contributed by atoms with E-state index in [2.05, 4.69) is 0 Å². The average Bonchev–Trinajstić information content (AvgIpc) is 2.93. The van der Waals surface area contributed by atoms with Gasteiger partial charge in [0, 0.05) is 32.4 Å². The number of aryl methyl sites for hydroxylation is 1. The van der Waals surface area contributed by atoms with Crippen LogP contribution in [0.4, 0.5) is 5.69 Å². The van der Waals surface area contributed by atoms with Crippen molar-refractivity contribution < 1.29 is 14.5 Å². The van der Waals surface area contributed by atoms with Crippen LogP contribution >= 0.6 is 11.6 Å². The molecule has 1 amide bonds. The predicted octanol–water partition coefficient (Wildman–Crippen LogP) is 5.89. The van der Waals surface area contributed by atoms with E-state index in [1.165, 1.54) is 18.2 Å². The third kappa shape index (κ3) is 5.84. The molecule has 0 radical (unpaired) electrons. The molecule has 0 N–H and O–H groups in total. The number of carbonyl (C=O) groups is 1. The molecular weight excluding hydrogens is 520 g/mol. The van der Waals surface area contributed by atoms with Gasteiger partial charge in [0.1, 0.15) is 5.82 Å². The van der Waals surface area contributed by atoms with E-state index in [0.717, 1.165) is 5.56 Å². The van der Waals surface area contributed by atoms with Gasteiger partial charge in [-0.1, -0.05) is 48.4 Å². The van der Waals surface area contributed by atoms with Crippen LogP contribution in [0, 0.1) is 17.0 Å². The zero-order chi connectivity index (χ0) is 28.1. The van der Waals surface area contributed by atoms with Crippen LogP contribution in [-0.4, -0.2) is 45.5 Å². The molecule has 1 aromatic heterocycles. The molecular formula is C29H29ClN4O5. The highest BCUT2D eigenvalue weighted by Crippen LogP contribution is 2.30. The van der Waals surface area contributed by atoms with E-state index in [0.29, 0.717) is 41.9 Å². The second-order valence-corrected chi connectivity index (χ2v) is 9.56. The Balaban J connectivity index is 1.91. The zero-order valence-electron chi connectivity index (χ0n) is 22.0. The summed E-state index contributed by atoms with van der Waals surface area (Å²) in [6, 6.07) is 17.8. The first-order valence-corrected chi connectivity index (χ1v) is 13.0. The molecule has 4 aromatic rings. The molecule has 0 saturated heterocycles. The van der Waals surface area contributed by atoms with Crippen molar-refractivity contribution in [2.24, 2.45) is 0 Å². The van der Waals surface area contributed by atoms with Crippen LogP contribution in [0.2, 0.25) is 5.02 Å². The molecule has 0 bridgehead atoms. The summed E-state index contributed by atoms with van der Waals surface area (Å²) < 4.78 is 6.79. The molecule has 1 atom stereocenters. The van der Waals surface area contributed by atoms with Crippen molar-refractivity contribution in [3.8, 4) is 5.69 Å². The minimum Gasteiger partial charge on any atom is -0.385 e. The summed E-state index contributed by atoms with van der Waals surface area (Å²) in [5.74, 6) is -0.00966. The fourth-order valence-corrected chi connectivity index (χ4v) is 4.84. The Labute approximate surface area is 230 Å². The lowest BCUT2D eigenvalue weighted by Crippen LogP contribution is -2.39. The zero-order valence-corrected chi connectivity index (χ0v) is 22.7. The predicted molar refractivity (Wildman–Crippen MR) is 151 cm³/mol. The average molecular weight is 549 g/mol. The molecule has 1 unspecified atom stereocenters. The number of amides is 1. The number of hydrogen-bond donors (Lipinski definition) is 0. The first-order chi connectivity index (χ1) is 18.8. The maximum atomic E-state index is 14.0. The van der Waals surface area contributed by atoms with Crippen LogP contribution in [-0.2, 0) is 4.74 Å². The maximum absolute atomic E-state index is 14.0. The molecule has 9 nitrogen and oxygen atoms in total. The molecule has 3 aromatic carbocycles. The molecule has 0 aliphatic heterocycles. The quantitative estimate of drug-likeness (QED) is 0.139. The fraction of sp³-hybridized carbons (Fsp3) is 0.276. The van der Waals surface area contributed by atoms with E-state index in [1.807, 2.05) is 44.2 Å². The number of benzene rings is 3.